The molecule has 19 heavy (non-hydrogen) atoms. The maximum Gasteiger partial charge on any atom is 0.310 e. The van der Waals surface area contributed by atoms with Crippen LogP contribution in [0.3, 0.4) is 0 Å². The summed E-state index contributed by atoms with van der Waals surface area (Å²) < 4.78 is 32.1. The molecule has 1 saturated heterocycles. The molecule has 0 spiro atoms. The summed E-state index contributed by atoms with van der Waals surface area (Å²) in [7, 11) is -0.721. The quantitative estimate of drug-likeness (QED) is 0.714. The highest BCUT2D eigenvalue weighted by atomic mass is 32.2. The molecule has 1 aliphatic rings. The number of hydrogen-bond acceptors (Lipinski definition) is 4. The molecule has 1 heterocycles. The van der Waals surface area contributed by atoms with Crippen molar-refractivity contribution in [3.63, 3.8) is 0 Å². The van der Waals surface area contributed by atoms with Gasteiger partial charge < -0.3 is 9.84 Å². The van der Waals surface area contributed by atoms with Crippen molar-refractivity contribution in [2.75, 3.05) is 33.9 Å². The lowest BCUT2D eigenvalue weighted by atomic mass is 10.1. The summed E-state index contributed by atoms with van der Waals surface area (Å²) >= 11 is 0. The summed E-state index contributed by atoms with van der Waals surface area (Å²) in [5.74, 6) is -1.83. The minimum Gasteiger partial charge on any atom is -0.481 e. The van der Waals surface area contributed by atoms with Gasteiger partial charge in [0, 0.05) is 20.6 Å². The summed E-state index contributed by atoms with van der Waals surface area (Å²) in [6.45, 7) is 2.58. The molecule has 1 fully saturated rings. The van der Waals surface area contributed by atoms with Crippen LogP contribution < -0.4 is 0 Å². The van der Waals surface area contributed by atoms with Crippen LogP contribution in [-0.2, 0) is 19.7 Å². The lowest BCUT2D eigenvalue weighted by Crippen LogP contribution is -2.49. The zero-order chi connectivity index (χ0) is 14.6. The molecular formula is C11H22N2O5S. The molecule has 0 amide bonds. The molecule has 0 aromatic carbocycles. The van der Waals surface area contributed by atoms with Crippen molar-refractivity contribution in [1.29, 1.82) is 0 Å². The predicted octanol–water partition coefficient (Wildman–Crippen LogP) is -0.00550. The van der Waals surface area contributed by atoms with Crippen LogP contribution in [0.4, 0.5) is 0 Å². The fourth-order valence-corrected chi connectivity index (χ4v) is 3.37. The van der Waals surface area contributed by atoms with E-state index in [4.69, 9.17) is 9.84 Å². The van der Waals surface area contributed by atoms with Crippen LogP contribution in [-0.4, -0.2) is 68.0 Å². The molecule has 0 saturated carbocycles. The molecule has 2 atom stereocenters. The maximum absolute atomic E-state index is 12.3. The van der Waals surface area contributed by atoms with Crippen LogP contribution in [0.15, 0.2) is 0 Å². The molecule has 8 heteroatoms. The minimum atomic E-state index is -3.64. The molecule has 1 rings (SSSR count). The van der Waals surface area contributed by atoms with E-state index in [2.05, 4.69) is 0 Å². The monoisotopic (exact) mass is 294 g/mol. The van der Waals surface area contributed by atoms with Crippen molar-refractivity contribution in [2.24, 2.45) is 5.92 Å². The molecule has 1 aliphatic heterocycles. The van der Waals surface area contributed by atoms with E-state index < -0.39 is 28.1 Å². The van der Waals surface area contributed by atoms with E-state index in [-0.39, 0.29) is 13.2 Å². The second-order valence-electron chi connectivity index (χ2n) is 4.75. The lowest BCUT2D eigenvalue weighted by molar-refractivity contribution is -0.142. The van der Waals surface area contributed by atoms with Crippen molar-refractivity contribution >= 4 is 16.2 Å². The molecule has 0 aliphatic carbocycles. The zero-order valence-corrected chi connectivity index (χ0v) is 12.4. The van der Waals surface area contributed by atoms with E-state index in [0.29, 0.717) is 6.54 Å². The van der Waals surface area contributed by atoms with E-state index >= 15 is 0 Å². The van der Waals surface area contributed by atoms with Gasteiger partial charge in [-0.25, -0.2) is 0 Å². The van der Waals surface area contributed by atoms with Gasteiger partial charge in [0.1, 0.15) is 0 Å². The Morgan fingerprint density at radius 2 is 2.00 bits per heavy atom. The first-order chi connectivity index (χ1) is 8.82. The van der Waals surface area contributed by atoms with Gasteiger partial charge in [-0.1, -0.05) is 13.3 Å². The van der Waals surface area contributed by atoms with Gasteiger partial charge in [-0.05, 0) is 6.42 Å². The number of likely N-dealkylation sites (N-methyl/N-ethyl adjacent to an activating group) is 1. The van der Waals surface area contributed by atoms with Crippen LogP contribution in [0.1, 0.15) is 19.8 Å². The zero-order valence-electron chi connectivity index (χ0n) is 11.6. The number of hydrogen-bond donors (Lipinski definition) is 1. The molecule has 0 bridgehead atoms. The van der Waals surface area contributed by atoms with Crippen LogP contribution in [0.25, 0.3) is 0 Å². The lowest BCUT2D eigenvalue weighted by Gasteiger charge is -2.29. The largest absolute Gasteiger partial charge is 0.481 e. The summed E-state index contributed by atoms with van der Waals surface area (Å²) in [5, 5.41) is 9.06. The standard InChI is InChI=1S/C11H22N2O5S/c1-4-5-6-12(2)19(16,17)13(3)10-8-18-7-9(10)11(14)15/h9-10H,4-8H2,1-3H3,(H,14,15). The van der Waals surface area contributed by atoms with Crippen molar-refractivity contribution in [1.82, 2.24) is 8.61 Å². The topological polar surface area (TPSA) is 87.2 Å². The maximum atomic E-state index is 12.3. The Kier molecular flexibility index (Phi) is 5.72. The fraction of sp³-hybridized carbons (Fsp3) is 0.909. The highest BCUT2D eigenvalue weighted by Crippen LogP contribution is 2.22. The van der Waals surface area contributed by atoms with E-state index in [1.165, 1.54) is 18.4 Å². The van der Waals surface area contributed by atoms with Crippen LogP contribution in [0.2, 0.25) is 0 Å². The van der Waals surface area contributed by atoms with Gasteiger partial charge in [0.2, 0.25) is 0 Å². The van der Waals surface area contributed by atoms with E-state index in [0.717, 1.165) is 17.1 Å². The highest BCUT2D eigenvalue weighted by molar-refractivity contribution is 7.86. The highest BCUT2D eigenvalue weighted by Gasteiger charge is 2.41. The Morgan fingerprint density at radius 3 is 2.53 bits per heavy atom. The Balaban J connectivity index is 2.80. The van der Waals surface area contributed by atoms with Crippen molar-refractivity contribution in [2.45, 2.75) is 25.8 Å². The number of ether oxygens (including phenoxy) is 1. The van der Waals surface area contributed by atoms with E-state index in [1.807, 2.05) is 6.92 Å². The number of nitrogens with zero attached hydrogens (tertiary/aromatic N) is 2. The van der Waals surface area contributed by atoms with Crippen LogP contribution in [0, 0.1) is 5.92 Å². The molecule has 7 nitrogen and oxygen atoms in total. The fourth-order valence-electron chi connectivity index (χ4n) is 2.02. The number of rotatable bonds is 7. The second-order valence-corrected chi connectivity index (χ2v) is 6.84. The third kappa shape index (κ3) is 3.65. The van der Waals surface area contributed by atoms with Gasteiger partial charge in [-0.2, -0.15) is 17.0 Å². The number of carbonyl (C=O) groups is 1. The van der Waals surface area contributed by atoms with Crippen molar-refractivity contribution < 1.29 is 23.1 Å². The van der Waals surface area contributed by atoms with Gasteiger partial charge in [0.25, 0.3) is 10.2 Å². The number of carboxylic acids is 1. The summed E-state index contributed by atoms with van der Waals surface area (Å²) in [6.07, 6.45) is 1.67. The molecular weight excluding hydrogens is 272 g/mol. The van der Waals surface area contributed by atoms with Gasteiger partial charge in [0.15, 0.2) is 0 Å². The van der Waals surface area contributed by atoms with Gasteiger partial charge in [-0.3, -0.25) is 4.79 Å². The second kappa shape index (κ2) is 6.65. The first-order valence-electron chi connectivity index (χ1n) is 6.32. The Morgan fingerprint density at radius 1 is 1.37 bits per heavy atom. The molecule has 2 unspecified atom stereocenters. The Labute approximate surface area is 114 Å². The van der Waals surface area contributed by atoms with E-state index in [9.17, 15) is 13.2 Å². The Bertz CT molecular complexity index is 411. The van der Waals surface area contributed by atoms with Gasteiger partial charge >= 0.3 is 5.97 Å². The van der Waals surface area contributed by atoms with Crippen molar-refractivity contribution in [3.05, 3.63) is 0 Å². The molecule has 0 aromatic rings. The molecule has 0 radical (unpaired) electrons. The van der Waals surface area contributed by atoms with Gasteiger partial charge in [-0.15, -0.1) is 0 Å². The van der Waals surface area contributed by atoms with Crippen LogP contribution >= 0.6 is 0 Å². The average molecular weight is 294 g/mol. The van der Waals surface area contributed by atoms with Crippen molar-refractivity contribution in [3.8, 4) is 0 Å². The summed E-state index contributed by atoms with van der Waals surface area (Å²) in [4.78, 5) is 11.1. The first kappa shape index (κ1) is 16.4. The number of carboxylic acid groups (broad SMARTS) is 1. The third-order valence-corrected chi connectivity index (χ3v) is 5.39. The smallest absolute Gasteiger partial charge is 0.310 e. The van der Waals surface area contributed by atoms with Gasteiger partial charge in [0.05, 0.1) is 25.2 Å². The predicted molar refractivity (Wildman–Crippen MR) is 70.0 cm³/mol. The molecule has 1 N–H and O–H groups in total. The summed E-state index contributed by atoms with van der Waals surface area (Å²) in [6, 6.07) is -0.647. The molecule has 112 valence electrons. The number of unbranched alkanes of at least 4 members (excludes halogenated alkanes) is 1. The number of aliphatic carboxylic acids is 1. The first-order valence-corrected chi connectivity index (χ1v) is 7.71. The molecule has 0 aromatic heterocycles. The minimum absolute atomic E-state index is 0.0541. The average Bonchev–Trinajstić information content (AvgIpc) is 2.83. The Hall–Kier alpha value is -0.700. The van der Waals surface area contributed by atoms with Crippen LogP contribution in [0.5, 0.6) is 0 Å². The normalized spacial score (nSPS) is 24.3. The summed E-state index contributed by atoms with van der Waals surface area (Å²) in [5.41, 5.74) is 0. The third-order valence-electron chi connectivity index (χ3n) is 3.42. The SMILES string of the molecule is CCCCN(C)S(=O)(=O)N(C)C1COCC1C(=O)O. The van der Waals surface area contributed by atoms with E-state index in [1.54, 1.807) is 0 Å².